The Balaban J connectivity index is 2.16. The van der Waals surface area contributed by atoms with Crippen LogP contribution >= 0.6 is 11.8 Å². The van der Waals surface area contributed by atoms with Gasteiger partial charge >= 0.3 is 0 Å². The largest absolute Gasteiger partial charge is 0.307 e. The van der Waals surface area contributed by atoms with E-state index in [9.17, 15) is 0 Å². The van der Waals surface area contributed by atoms with Gasteiger partial charge in [-0.25, -0.2) is 9.97 Å². The maximum absolute atomic E-state index is 4.61. The molecule has 1 atom stereocenters. The van der Waals surface area contributed by atoms with Crippen molar-refractivity contribution in [1.82, 2.24) is 15.3 Å². The lowest BCUT2D eigenvalue weighted by Gasteiger charge is -2.22. The van der Waals surface area contributed by atoms with E-state index in [0.717, 1.165) is 23.8 Å². The van der Waals surface area contributed by atoms with Gasteiger partial charge in [0.05, 0.1) is 11.7 Å². The van der Waals surface area contributed by atoms with Gasteiger partial charge in [0.25, 0.3) is 0 Å². The molecular weight excluding hydrogens is 206 g/mol. The Bertz CT molecular complexity index is 321. The third-order valence-corrected chi connectivity index (χ3v) is 3.55. The molecule has 1 fully saturated rings. The number of hydrogen-bond acceptors (Lipinski definition) is 4. The van der Waals surface area contributed by atoms with Crippen LogP contribution < -0.4 is 5.32 Å². The molecule has 1 aliphatic rings. The number of thioether (sulfide) groups is 1. The van der Waals surface area contributed by atoms with Crippen LogP contribution in [-0.2, 0) is 0 Å². The van der Waals surface area contributed by atoms with Crippen LogP contribution in [0.4, 0.5) is 0 Å². The Kier molecular flexibility index (Phi) is 3.59. The maximum atomic E-state index is 4.61. The van der Waals surface area contributed by atoms with Crippen molar-refractivity contribution in [3.05, 3.63) is 23.8 Å². The monoisotopic (exact) mass is 223 g/mol. The summed E-state index contributed by atoms with van der Waals surface area (Å²) in [4.78, 5) is 8.90. The molecule has 2 rings (SSSR count). The van der Waals surface area contributed by atoms with E-state index in [-0.39, 0.29) is 0 Å². The molecule has 1 saturated heterocycles. The van der Waals surface area contributed by atoms with Crippen LogP contribution in [0.1, 0.15) is 37.3 Å². The van der Waals surface area contributed by atoms with Gasteiger partial charge in [0.2, 0.25) is 0 Å². The predicted molar refractivity (Wildman–Crippen MR) is 64.2 cm³/mol. The molecule has 15 heavy (non-hydrogen) atoms. The summed E-state index contributed by atoms with van der Waals surface area (Å²) in [5.74, 6) is 3.68. The summed E-state index contributed by atoms with van der Waals surface area (Å²) in [5.41, 5.74) is 1.14. The number of hydrogen-bond donors (Lipinski definition) is 1. The van der Waals surface area contributed by atoms with Crippen LogP contribution in [0.5, 0.6) is 0 Å². The fourth-order valence-electron chi connectivity index (χ4n) is 1.62. The first-order valence-corrected chi connectivity index (χ1v) is 6.57. The zero-order valence-electron chi connectivity index (χ0n) is 9.23. The molecule has 3 nitrogen and oxygen atoms in total. The Hall–Kier alpha value is -0.610. The number of aromatic nitrogens is 2. The zero-order valence-corrected chi connectivity index (χ0v) is 10.0. The first kappa shape index (κ1) is 10.9. The molecule has 2 heterocycles. The average molecular weight is 223 g/mol. The second-order valence-electron chi connectivity index (χ2n) is 4.08. The van der Waals surface area contributed by atoms with Gasteiger partial charge in [-0.3, -0.25) is 0 Å². The minimum atomic E-state index is 0.404. The standard InChI is InChI=1S/C11H17N3S/c1-8(2)11-13-4-3-9(14-11)10-7-15-6-5-12-10/h3-4,8,10,12H,5-7H2,1-2H3. The van der Waals surface area contributed by atoms with Gasteiger partial charge in [0, 0.05) is 30.2 Å². The van der Waals surface area contributed by atoms with Crippen molar-refractivity contribution in [3.63, 3.8) is 0 Å². The Morgan fingerprint density at radius 1 is 1.53 bits per heavy atom. The normalized spacial score (nSPS) is 21.9. The number of rotatable bonds is 2. The minimum Gasteiger partial charge on any atom is -0.307 e. The Morgan fingerprint density at radius 3 is 3.07 bits per heavy atom. The van der Waals surface area contributed by atoms with Gasteiger partial charge in [-0.2, -0.15) is 11.8 Å². The fraction of sp³-hybridized carbons (Fsp3) is 0.636. The molecule has 0 radical (unpaired) electrons. The molecule has 1 aromatic heterocycles. The molecule has 1 unspecified atom stereocenters. The summed E-state index contributed by atoms with van der Waals surface area (Å²) in [6, 6.07) is 2.43. The highest BCUT2D eigenvalue weighted by Crippen LogP contribution is 2.21. The summed E-state index contributed by atoms with van der Waals surface area (Å²) < 4.78 is 0. The molecule has 0 bridgehead atoms. The van der Waals surface area contributed by atoms with Crippen molar-refractivity contribution in [2.45, 2.75) is 25.8 Å². The quantitative estimate of drug-likeness (QED) is 0.832. The Labute approximate surface area is 95.1 Å². The van der Waals surface area contributed by atoms with Crippen molar-refractivity contribution in [2.75, 3.05) is 18.1 Å². The van der Waals surface area contributed by atoms with Crippen molar-refractivity contribution >= 4 is 11.8 Å². The van der Waals surface area contributed by atoms with Crippen molar-refractivity contribution in [3.8, 4) is 0 Å². The van der Waals surface area contributed by atoms with Gasteiger partial charge in [0.15, 0.2) is 0 Å². The van der Waals surface area contributed by atoms with E-state index in [1.807, 2.05) is 24.0 Å². The predicted octanol–water partition coefficient (Wildman–Crippen LogP) is 1.98. The van der Waals surface area contributed by atoms with E-state index < -0.39 is 0 Å². The minimum absolute atomic E-state index is 0.404. The molecule has 0 aromatic carbocycles. The summed E-state index contributed by atoms with van der Waals surface area (Å²) >= 11 is 1.99. The van der Waals surface area contributed by atoms with E-state index in [1.54, 1.807) is 0 Å². The van der Waals surface area contributed by atoms with Gasteiger partial charge in [-0.15, -0.1) is 0 Å². The highest BCUT2D eigenvalue weighted by molar-refractivity contribution is 7.99. The van der Waals surface area contributed by atoms with Crippen LogP contribution in [0, 0.1) is 0 Å². The lowest BCUT2D eigenvalue weighted by Crippen LogP contribution is -2.31. The van der Waals surface area contributed by atoms with Gasteiger partial charge in [0.1, 0.15) is 5.82 Å². The second kappa shape index (κ2) is 4.94. The van der Waals surface area contributed by atoms with Crippen LogP contribution in [-0.4, -0.2) is 28.0 Å². The van der Waals surface area contributed by atoms with Crippen molar-refractivity contribution in [2.24, 2.45) is 0 Å². The highest BCUT2D eigenvalue weighted by Gasteiger charge is 2.17. The smallest absolute Gasteiger partial charge is 0.131 e. The van der Waals surface area contributed by atoms with Crippen LogP contribution in [0.25, 0.3) is 0 Å². The first-order chi connectivity index (χ1) is 7.27. The molecule has 0 saturated carbocycles. The molecule has 0 spiro atoms. The topological polar surface area (TPSA) is 37.8 Å². The summed E-state index contributed by atoms with van der Waals surface area (Å²) in [6.07, 6.45) is 1.87. The molecule has 1 N–H and O–H groups in total. The molecule has 1 aromatic rings. The summed E-state index contributed by atoms with van der Waals surface area (Å²) in [7, 11) is 0. The van der Waals surface area contributed by atoms with E-state index in [2.05, 4.69) is 29.1 Å². The van der Waals surface area contributed by atoms with E-state index in [1.165, 1.54) is 5.75 Å². The molecular formula is C11H17N3S. The third-order valence-electron chi connectivity index (χ3n) is 2.49. The highest BCUT2D eigenvalue weighted by atomic mass is 32.2. The molecule has 1 aliphatic heterocycles. The maximum Gasteiger partial charge on any atom is 0.131 e. The Morgan fingerprint density at radius 2 is 2.40 bits per heavy atom. The average Bonchev–Trinajstić information content (AvgIpc) is 2.30. The number of nitrogens with one attached hydrogen (secondary N) is 1. The zero-order chi connectivity index (χ0) is 10.7. The molecule has 0 aliphatic carbocycles. The fourth-order valence-corrected chi connectivity index (χ4v) is 2.57. The third kappa shape index (κ3) is 2.69. The van der Waals surface area contributed by atoms with Crippen LogP contribution in [0.2, 0.25) is 0 Å². The van der Waals surface area contributed by atoms with Crippen molar-refractivity contribution < 1.29 is 0 Å². The first-order valence-electron chi connectivity index (χ1n) is 5.41. The van der Waals surface area contributed by atoms with Gasteiger partial charge < -0.3 is 5.32 Å². The molecule has 4 heteroatoms. The van der Waals surface area contributed by atoms with E-state index in [4.69, 9.17) is 0 Å². The SMILES string of the molecule is CC(C)c1nccc(C2CSCCN2)n1. The second-order valence-corrected chi connectivity index (χ2v) is 5.23. The summed E-state index contributed by atoms with van der Waals surface area (Å²) in [5, 5.41) is 3.49. The lowest BCUT2D eigenvalue weighted by atomic mass is 10.2. The van der Waals surface area contributed by atoms with Crippen molar-refractivity contribution in [1.29, 1.82) is 0 Å². The number of nitrogens with zero attached hydrogens (tertiary/aromatic N) is 2. The summed E-state index contributed by atoms with van der Waals surface area (Å²) in [6.45, 7) is 5.33. The molecule has 82 valence electrons. The van der Waals surface area contributed by atoms with Gasteiger partial charge in [-0.05, 0) is 6.07 Å². The van der Waals surface area contributed by atoms with Crippen LogP contribution in [0.15, 0.2) is 12.3 Å². The van der Waals surface area contributed by atoms with Gasteiger partial charge in [-0.1, -0.05) is 13.8 Å². The van der Waals surface area contributed by atoms with E-state index in [0.29, 0.717) is 12.0 Å². The molecule has 0 amide bonds. The van der Waals surface area contributed by atoms with Crippen LogP contribution in [0.3, 0.4) is 0 Å². The van der Waals surface area contributed by atoms with E-state index >= 15 is 0 Å². The lowest BCUT2D eigenvalue weighted by molar-refractivity contribution is 0.572.